The fourth-order valence-corrected chi connectivity index (χ4v) is 3.35. The highest BCUT2D eigenvalue weighted by Gasteiger charge is 2.09. The van der Waals surface area contributed by atoms with Crippen LogP contribution in [0.1, 0.15) is 48.9 Å². The highest BCUT2D eigenvalue weighted by Crippen LogP contribution is 2.29. The first kappa shape index (κ1) is 26.1. The average molecular weight is 495 g/mol. The van der Waals surface area contributed by atoms with E-state index in [1.54, 1.807) is 6.21 Å². The first-order valence-corrected chi connectivity index (χ1v) is 11.9. The number of ether oxygens (including phenoxy) is 3. The topological polar surface area (TPSA) is 69.2 Å². The van der Waals surface area contributed by atoms with Crippen LogP contribution in [-0.2, 0) is 11.4 Å². The summed E-state index contributed by atoms with van der Waals surface area (Å²) in [5, 5.41) is 4.72. The minimum absolute atomic E-state index is 0.124. The summed E-state index contributed by atoms with van der Waals surface area (Å²) in [4.78, 5) is 12.2. The van der Waals surface area contributed by atoms with Gasteiger partial charge in [-0.05, 0) is 78.4 Å². The second-order valence-electron chi connectivity index (χ2n) is 8.32. The van der Waals surface area contributed by atoms with Gasteiger partial charge < -0.3 is 14.2 Å². The molecule has 0 spiro atoms. The van der Waals surface area contributed by atoms with Crippen molar-refractivity contribution in [2.75, 3.05) is 13.2 Å². The maximum absolute atomic E-state index is 12.2. The van der Waals surface area contributed by atoms with Gasteiger partial charge in [0.15, 0.2) is 18.1 Å². The van der Waals surface area contributed by atoms with E-state index in [0.717, 1.165) is 22.3 Å². The molecule has 7 heteroatoms. The quantitative estimate of drug-likeness (QED) is 0.251. The summed E-state index contributed by atoms with van der Waals surface area (Å²) < 4.78 is 17.3. The fourth-order valence-electron chi connectivity index (χ4n) is 3.22. The van der Waals surface area contributed by atoms with Crippen molar-refractivity contribution in [3.8, 4) is 17.2 Å². The van der Waals surface area contributed by atoms with Crippen LogP contribution in [0.2, 0.25) is 5.02 Å². The molecule has 6 nitrogen and oxygen atoms in total. The molecule has 0 aliphatic rings. The third-order valence-electron chi connectivity index (χ3n) is 5.22. The predicted molar refractivity (Wildman–Crippen MR) is 140 cm³/mol. The number of aryl methyl sites for hydroxylation is 1. The molecule has 3 rings (SSSR count). The Morgan fingerprint density at radius 1 is 0.971 bits per heavy atom. The lowest BCUT2D eigenvalue weighted by molar-refractivity contribution is -0.123. The monoisotopic (exact) mass is 494 g/mol. The lowest BCUT2D eigenvalue weighted by Gasteiger charge is -2.13. The molecular formula is C28H31ClN2O4. The highest BCUT2D eigenvalue weighted by atomic mass is 35.5. The molecule has 0 unspecified atom stereocenters. The molecule has 0 aliphatic carbocycles. The number of carbonyl (C=O) groups is 1. The molecule has 0 saturated carbocycles. The van der Waals surface area contributed by atoms with Gasteiger partial charge in [0, 0.05) is 5.02 Å². The summed E-state index contributed by atoms with van der Waals surface area (Å²) in [5.74, 6) is 1.96. The summed E-state index contributed by atoms with van der Waals surface area (Å²) in [6, 6.07) is 19.0. The molecule has 0 heterocycles. The number of benzene rings is 3. The number of rotatable bonds is 11. The molecule has 0 atom stereocenters. The summed E-state index contributed by atoms with van der Waals surface area (Å²) >= 11 is 5.94. The number of hydrazone groups is 1. The first-order valence-electron chi connectivity index (χ1n) is 11.5. The van der Waals surface area contributed by atoms with Gasteiger partial charge >= 0.3 is 0 Å². The lowest BCUT2D eigenvalue weighted by atomic mass is 10.0. The minimum atomic E-state index is -0.344. The van der Waals surface area contributed by atoms with E-state index in [4.69, 9.17) is 25.8 Å². The van der Waals surface area contributed by atoms with E-state index in [1.807, 2.05) is 68.4 Å². The molecule has 3 aromatic carbocycles. The van der Waals surface area contributed by atoms with Gasteiger partial charge in [-0.2, -0.15) is 5.10 Å². The minimum Gasteiger partial charge on any atom is -0.490 e. The number of carbonyl (C=O) groups excluding carboxylic acids is 1. The van der Waals surface area contributed by atoms with E-state index in [0.29, 0.717) is 41.4 Å². The molecule has 3 aromatic rings. The number of nitrogens with zero attached hydrogens (tertiary/aromatic N) is 1. The summed E-state index contributed by atoms with van der Waals surface area (Å²) in [6.07, 6.45) is 1.55. The standard InChI is InChI=1S/C28H31ClN2O4/c1-5-33-27-14-22(9-13-25(27)34-17-21-7-11-24(29)12-8-21)16-30-31-28(32)18-35-26-15-23(19(2)3)10-6-20(26)4/h6-16,19H,5,17-18H2,1-4H3,(H,31,32). The number of hydrogen-bond donors (Lipinski definition) is 1. The lowest BCUT2D eigenvalue weighted by Crippen LogP contribution is -2.24. The normalized spacial score (nSPS) is 11.0. The third-order valence-corrected chi connectivity index (χ3v) is 5.47. The van der Waals surface area contributed by atoms with Crippen molar-refractivity contribution in [1.29, 1.82) is 0 Å². The number of hydrogen-bond acceptors (Lipinski definition) is 5. The van der Waals surface area contributed by atoms with E-state index in [-0.39, 0.29) is 12.5 Å². The third kappa shape index (κ3) is 8.04. The molecule has 0 aromatic heterocycles. The Morgan fingerprint density at radius 3 is 2.46 bits per heavy atom. The zero-order valence-corrected chi connectivity index (χ0v) is 21.3. The smallest absolute Gasteiger partial charge is 0.277 e. The van der Waals surface area contributed by atoms with Crippen molar-refractivity contribution in [2.45, 2.75) is 40.2 Å². The maximum atomic E-state index is 12.2. The Kier molecular flexibility index (Phi) is 9.56. The Balaban J connectivity index is 1.56. The summed E-state index contributed by atoms with van der Waals surface area (Å²) in [6.45, 7) is 8.85. The SMILES string of the molecule is CCOc1cc(C=NNC(=O)COc2cc(C(C)C)ccc2C)ccc1OCc1ccc(Cl)cc1. The van der Waals surface area contributed by atoms with Crippen LogP contribution >= 0.6 is 11.6 Å². The number of nitrogens with one attached hydrogen (secondary N) is 1. The van der Waals surface area contributed by atoms with Crippen molar-refractivity contribution in [1.82, 2.24) is 5.43 Å². The van der Waals surface area contributed by atoms with Gasteiger partial charge in [-0.25, -0.2) is 5.43 Å². The fraction of sp³-hybridized carbons (Fsp3) is 0.286. The van der Waals surface area contributed by atoms with E-state index in [2.05, 4.69) is 30.4 Å². The van der Waals surface area contributed by atoms with Gasteiger partial charge in [-0.15, -0.1) is 0 Å². The van der Waals surface area contributed by atoms with E-state index in [1.165, 1.54) is 0 Å². The number of halogens is 1. The van der Waals surface area contributed by atoms with Gasteiger partial charge in [-0.3, -0.25) is 4.79 Å². The van der Waals surface area contributed by atoms with Crippen molar-refractivity contribution in [3.63, 3.8) is 0 Å². The molecule has 0 radical (unpaired) electrons. The van der Waals surface area contributed by atoms with E-state index in [9.17, 15) is 4.79 Å². The van der Waals surface area contributed by atoms with Crippen molar-refractivity contribution >= 4 is 23.7 Å². The Labute approximate surface area is 211 Å². The van der Waals surface area contributed by atoms with Crippen LogP contribution in [0.5, 0.6) is 17.2 Å². The van der Waals surface area contributed by atoms with Crippen LogP contribution in [0, 0.1) is 6.92 Å². The second kappa shape index (κ2) is 12.8. The molecule has 1 N–H and O–H groups in total. The van der Waals surface area contributed by atoms with Gasteiger partial charge in [0.2, 0.25) is 0 Å². The van der Waals surface area contributed by atoms with Gasteiger partial charge in [0.25, 0.3) is 5.91 Å². The van der Waals surface area contributed by atoms with E-state index < -0.39 is 0 Å². The highest BCUT2D eigenvalue weighted by molar-refractivity contribution is 6.30. The molecule has 0 bridgehead atoms. The van der Waals surface area contributed by atoms with Crippen molar-refractivity contribution in [2.24, 2.45) is 5.10 Å². The van der Waals surface area contributed by atoms with Crippen LogP contribution in [0.4, 0.5) is 0 Å². The predicted octanol–water partition coefficient (Wildman–Crippen LogP) is 6.28. The molecule has 0 aliphatic heterocycles. The van der Waals surface area contributed by atoms with Crippen molar-refractivity contribution in [3.05, 3.63) is 87.9 Å². The van der Waals surface area contributed by atoms with Crippen LogP contribution in [0.25, 0.3) is 0 Å². The average Bonchev–Trinajstić information content (AvgIpc) is 2.84. The molecule has 0 fully saturated rings. The van der Waals surface area contributed by atoms with Crippen LogP contribution in [0.15, 0.2) is 65.8 Å². The Bertz CT molecular complexity index is 1160. The Morgan fingerprint density at radius 2 is 1.74 bits per heavy atom. The van der Waals surface area contributed by atoms with Gasteiger partial charge in [0.05, 0.1) is 12.8 Å². The zero-order chi connectivity index (χ0) is 25.2. The Hall–Kier alpha value is -3.51. The number of amides is 1. The van der Waals surface area contributed by atoms with E-state index >= 15 is 0 Å². The summed E-state index contributed by atoms with van der Waals surface area (Å²) in [5.41, 5.74) is 6.40. The largest absolute Gasteiger partial charge is 0.490 e. The maximum Gasteiger partial charge on any atom is 0.277 e. The molecule has 1 amide bonds. The van der Waals surface area contributed by atoms with Gasteiger partial charge in [-0.1, -0.05) is 49.7 Å². The van der Waals surface area contributed by atoms with Crippen LogP contribution in [0.3, 0.4) is 0 Å². The summed E-state index contributed by atoms with van der Waals surface area (Å²) in [7, 11) is 0. The van der Waals surface area contributed by atoms with Crippen LogP contribution < -0.4 is 19.6 Å². The molecule has 35 heavy (non-hydrogen) atoms. The van der Waals surface area contributed by atoms with Crippen LogP contribution in [-0.4, -0.2) is 25.3 Å². The zero-order valence-electron chi connectivity index (χ0n) is 20.5. The molecular weight excluding hydrogens is 464 g/mol. The molecule has 184 valence electrons. The second-order valence-corrected chi connectivity index (χ2v) is 8.75. The van der Waals surface area contributed by atoms with Gasteiger partial charge in [0.1, 0.15) is 12.4 Å². The first-order chi connectivity index (χ1) is 16.9. The van der Waals surface area contributed by atoms with Crippen molar-refractivity contribution < 1.29 is 19.0 Å². The molecule has 0 saturated heterocycles.